The number of carboxylic acids is 1. The van der Waals surface area contributed by atoms with E-state index >= 15 is 0 Å². The molecule has 5 heteroatoms. The van der Waals surface area contributed by atoms with E-state index in [0.29, 0.717) is 10.8 Å². The molecule has 0 aliphatic rings. The highest BCUT2D eigenvalue weighted by atomic mass is 19.1. The van der Waals surface area contributed by atoms with Gasteiger partial charge in [0.2, 0.25) is 11.5 Å². The number of fused-ring (bicyclic) bond motifs is 1. The van der Waals surface area contributed by atoms with Gasteiger partial charge in [0.15, 0.2) is 5.76 Å². The Morgan fingerprint density at radius 3 is 2.24 bits per heavy atom. The van der Waals surface area contributed by atoms with Crippen molar-refractivity contribution in [3.63, 3.8) is 0 Å². The molecule has 0 spiro atoms. The van der Waals surface area contributed by atoms with Crippen molar-refractivity contribution in [2.24, 2.45) is 0 Å². The van der Waals surface area contributed by atoms with Crippen molar-refractivity contribution >= 4 is 22.5 Å². The number of aromatic carboxylic acids is 1. The molecular formula is C16H9FO4. The van der Waals surface area contributed by atoms with E-state index in [2.05, 4.69) is 0 Å². The van der Waals surface area contributed by atoms with E-state index in [4.69, 9.17) is 9.52 Å². The number of furan rings is 1. The fraction of sp³-hybridized carbons (Fsp3) is 0. The molecule has 1 heterocycles. The van der Waals surface area contributed by atoms with E-state index in [0.717, 1.165) is 0 Å². The molecule has 0 bridgehead atoms. The van der Waals surface area contributed by atoms with Gasteiger partial charge in [0.25, 0.3) is 0 Å². The number of hydrogen-bond acceptors (Lipinski definition) is 3. The number of benzene rings is 2. The highest BCUT2D eigenvalue weighted by molar-refractivity contribution is 6.15. The first-order valence-electron chi connectivity index (χ1n) is 6.13. The zero-order chi connectivity index (χ0) is 15.0. The Bertz CT molecular complexity index is 864. The second kappa shape index (κ2) is 4.86. The number of ketones is 1. The maximum absolute atomic E-state index is 13.7. The lowest BCUT2D eigenvalue weighted by molar-refractivity contribution is 0.0660. The second-order valence-electron chi connectivity index (χ2n) is 4.44. The zero-order valence-electron chi connectivity index (χ0n) is 10.7. The van der Waals surface area contributed by atoms with Crippen LogP contribution in [0.3, 0.4) is 0 Å². The van der Waals surface area contributed by atoms with Gasteiger partial charge in [-0.1, -0.05) is 24.3 Å². The summed E-state index contributed by atoms with van der Waals surface area (Å²) in [6.45, 7) is 0. The van der Waals surface area contributed by atoms with Gasteiger partial charge in [0.05, 0.1) is 0 Å². The van der Waals surface area contributed by atoms with E-state index in [1.54, 1.807) is 24.3 Å². The van der Waals surface area contributed by atoms with Crippen LogP contribution in [0.1, 0.15) is 26.7 Å². The smallest absolute Gasteiger partial charge is 0.371 e. The predicted molar refractivity (Wildman–Crippen MR) is 73.0 cm³/mol. The number of halogens is 1. The maximum Gasteiger partial charge on any atom is 0.371 e. The van der Waals surface area contributed by atoms with Crippen LogP contribution in [-0.2, 0) is 0 Å². The van der Waals surface area contributed by atoms with Crippen molar-refractivity contribution < 1.29 is 23.5 Å². The minimum Gasteiger partial charge on any atom is -0.475 e. The van der Waals surface area contributed by atoms with Crippen LogP contribution in [0.15, 0.2) is 52.9 Å². The molecule has 0 aliphatic heterocycles. The third-order valence-corrected chi connectivity index (χ3v) is 3.16. The number of rotatable bonds is 3. The zero-order valence-corrected chi connectivity index (χ0v) is 10.7. The van der Waals surface area contributed by atoms with Crippen molar-refractivity contribution in [2.75, 3.05) is 0 Å². The third-order valence-electron chi connectivity index (χ3n) is 3.16. The molecule has 0 radical (unpaired) electrons. The van der Waals surface area contributed by atoms with E-state index in [1.807, 2.05) is 0 Å². The topological polar surface area (TPSA) is 67.5 Å². The molecule has 0 fully saturated rings. The van der Waals surface area contributed by atoms with Crippen LogP contribution in [0, 0.1) is 5.82 Å². The van der Waals surface area contributed by atoms with Crippen LogP contribution in [0.25, 0.3) is 10.8 Å². The van der Waals surface area contributed by atoms with Gasteiger partial charge in [-0.15, -0.1) is 0 Å². The molecule has 4 nitrogen and oxygen atoms in total. The Morgan fingerprint density at radius 1 is 0.905 bits per heavy atom. The molecule has 0 amide bonds. The molecule has 1 N–H and O–H groups in total. The molecule has 0 aliphatic carbocycles. The highest BCUT2D eigenvalue weighted by Gasteiger charge is 2.19. The first kappa shape index (κ1) is 13.1. The number of carbonyl (C=O) groups excluding carboxylic acids is 1. The summed E-state index contributed by atoms with van der Waals surface area (Å²) in [5.74, 6) is -2.57. The largest absolute Gasteiger partial charge is 0.475 e. The van der Waals surface area contributed by atoms with Crippen LogP contribution < -0.4 is 0 Å². The second-order valence-corrected chi connectivity index (χ2v) is 4.44. The minimum atomic E-state index is -1.25. The van der Waals surface area contributed by atoms with Crippen LogP contribution >= 0.6 is 0 Å². The summed E-state index contributed by atoms with van der Waals surface area (Å²) in [6, 6.07) is 11.7. The molecule has 0 saturated carbocycles. The van der Waals surface area contributed by atoms with Gasteiger partial charge in [0.1, 0.15) is 5.82 Å². The van der Waals surface area contributed by atoms with Crippen LogP contribution in [0.5, 0.6) is 0 Å². The molecule has 21 heavy (non-hydrogen) atoms. The van der Waals surface area contributed by atoms with Crippen LogP contribution in [0.2, 0.25) is 0 Å². The number of carbonyl (C=O) groups is 2. The average Bonchev–Trinajstić information content (AvgIpc) is 2.97. The lowest BCUT2D eigenvalue weighted by Crippen LogP contribution is -2.02. The standard InChI is InChI=1S/C16H9FO4/c17-12-6-5-11(9-3-1-2-4-10(9)12)15(18)13-7-8-14(21-13)16(19)20/h1-8H,(H,19,20). The molecule has 0 unspecified atom stereocenters. The molecule has 0 saturated heterocycles. The molecule has 3 rings (SSSR count). The number of carboxylic acid groups (broad SMARTS) is 1. The molecule has 2 aromatic carbocycles. The third kappa shape index (κ3) is 2.18. The summed E-state index contributed by atoms with van der Waals surface area (Å²) in [5.41, 5.74) is 0.262. The monoisotopic (exact) mass is 284 g/mol. The maximum atomic E-state index is 13.7. The number of hydrogen-bond donors (Lipinski definition) is 1. The van der Waals surface area contributed by atoms with Gasteiger partial charge in [-0.05, 0) is 29.7 Å². The van der Waals surface area contributed by atoms with Crippen LogP contribution in [-0.4, -0.2) is 16.9 Å². The SMILES string of the molecule is O=C(O)c1ccc(C(=O)c2ccc(F)c3ccccc23)o1. The van der Waals surface area contributed by atoms with E-state index < -0.39 is 17.6 Å². The Hall–Kier alpha value is -2.95. The fourth-order valence-electron chi connectivity index (χ4n) is 2.17. The Morgan fingerprint density at radius 2 is 1.57 bits per heavy atom. The first-order chi connectivity index (χ1) is 10.1. The summed E-state index contributed by atoms with van der Waals surface area (Å²) in [6.07, 6.45) is 0. The van der Waals surface area contributed by atoms with Gasteiger partial charge >= 0.3 is 5.97 Å². The van der Waals surface area contributed by atoms with Gasteiger partial charge in [0, 0.05) is 10.9 Å². The van der Waals surface area contributed by atoms with Crippen molar-refractivity contribution in [1.82, 2.24) is 0 Å². The predicted octanol–water partition coefficient (Wildman–Crippen LogP) is 3.50. The molecule has 1 aromatic heterocycles. The average molecular weight is 284 g/mol. The molecule has 3 aromatic rings. The normalized spacial score (nSPS) is 10.7. The Labute approximate surface area is 118 Å². The highest BCUT2D eigenvalue weighted by Crippen LogP contribution is 2.24. The summed E-state index contributed by atoms with van der Waals surface area (Å²) < 4.78 is 18.7. The van der Waals surface area contributed by atoms with Gasteiger partial charge in [-0.3, -0.25) is 4.79 Å². The Kier molecular flexibility index (Phi) is 3.02. The summed E-state index contributed by atoms with van der Waals surface area (Å²) in [7, 11) is 0. The van der Waals surface area contributed by atoms with Gasteiger partial charge < -0.3 is 9.52 Å². The van der Waals surface area contributed by atoms with Crippen molar-refractivity contribution in [3.8, 4) is 0 Å². The lowest BCUT2D eigenvalue weighted by Gasteiger charge is -2.05. The minimum absolute atomic E-state index is 0.0934. The lowest BCUT2D eigenvalue weighted by atomic mass is 10.00. The van der Waals surface area contributed by atoms with Crippen molar-refractivity contribution in [3.05, 3.63) is 71.4 Å². The van der Waals surface area contributed by atoms with Gasteiger partial charge in [-0.2, -0.15) is 0 Å². The first-order valence-corrected chi connectivity index (χ1v) is 6.13. The summed E-state index contributed by atoms with van der Waals surface area (Å²) >= 11 is 0. The van der Waals surface area contributed by atoms with Gasteiger partial charge in [-0.25, -0.2) is 9.18 Å². The summed E-state index contributed by atoms with van der Waals surface area (Å²) in [5, 5.41) is 9.59. The quantitative estimate of drug-likeness (QED) is 0.747. The summed E-state index contributed by atoms with van der Waals surface area (Å²) in [4.78, 5) is 23.2. The van der Waals surface area contributed by atoms with Crippen molar-refractivity contribution in [2.45, 2.75) is 0 Å². The van der Waals surface area contributed by atoms with Crippen LogP contribution in [0.4, 0.5) is 4.39 Å². The van der Waals surface area contributed by atoms with E-state index in [1.165, 1.54) is 24.3 Å². The molecule has 0 atom stereocenters. The van der Waals surface area contributed by atoms with E-state index in [-0.39, 0.29) is 17.1 Å². The fourth-order valence-corrected chi connectivity index (χ4v) is 2.17. The van der Waals surface area contributed by atoms with E-state index in [9.17, 15) is 14.0 Å². The molecule has 104 valence electrons. The van der Waals surface area contributed by atoms with Crippen molar-refractivity contribution in [1.29, 1.82) is 0 Å². The Balaban J connectivity index is 2.13. The molecular weight excluding hydrogens is 275 g/mol.